The molecule has 0 unspecified atom stereocenters. The molecule has 2 aromatic rings. The molecule has 1 aliphatic heterocycles. The summed E-state index contributed by atoms with van der Waals surface area (Å²) in [5, 5.41) is 5.66. The van der Waals surface area contributed by atoms with Gasteiger partial charge in [0, 0.05) is 30.7 Å². The second-order valence-electron chi connectivity index (χ2n) is 6.51. The Labute approximate surface area is 147 Å². The minimum Gasteiger partial charge on any atom is -0.302 e. The number of rotatable bonds is 6. The lowest BCUT2D eigenvalue weighted by atomic mass is 9.99. The molecule has 24 heavy (non-hydrogen) atoms. The minimum absolute atomic E-state index is 0.00607. The summed E-state index contributed by atoms with van der Waals surface area (Å²) in [5.41, 5.74) is 2.13. The molecule has 0 bridgehead atoms. The molecule has 0 aliphatic carbocycles. The maximum Gasteiger partial charge on any atom is 0.226 e. The summed E-state index contributed by atoms with van der Waals surface area (Å²) in [5.74, 6) is 0.845. The molecule has 1 saturated heterocycles. The van der Waals surface area contributed by atoms with Crippen molar-refractivity contribution in [3.63, 3.8) is 0 Å². The molecule has 3 heterocycles. The van der Waals surface area contributed by atoms with E-state index < -0.39 is 0 Å². The van der Waals surface area contributed by atoms with Crippen LogP contribution in [0.25, 0.3) is 0 Å². The van der Waals surface area contributed by atoms with Gasteiger partial charge < -0.3 is 5.32 Å². The van der Waals surface area contributed by atoms with Crippen LogP contribution in [0.2, 0.25) is 0 Å². The number of pyridine rings is 1. The van der Waals surface area contributed by atoms with Gasteiger partial charge in [0.1, 0.15) is 0 Å². The van der Waals surface area contributed by atoms with Gasteiger partial charge >= 0.3 is 0 Å². The van der Waals surface area contributed by atoms with Gasteiger partial charge in [0.2, 0.25) is 5.91 Å². The van der Waals surface area contributed by atoms with Crippen molar-refractivity contribution in [2.45, 2.75) is 39.2 Å². The largest absolute Gasteiger partial charge is 0.302 e. The number of hydrogen-bond donors (Lipinski definition) is 1. The Morgan fingerprint density at radius 2 is 2.25 bits per heavy atom. The first-order valence-electron chi connectivity index (χ1n) is 8.54. The number of amides is 1. The molecule has 0 spiro atoms. The zero-order valence-electron chi connectivity index (χ0n) is 14.1. The highest BCUT2D eigenvalue weighted by atomic mass is 32.1. The van der Waals surface area contributed by atoms with Crippen molar-refractivity contribution < 1.29 is 4.79 Å². The maximum atomic E-state index is 12.0. The molecule has 1 fully saturated rings. The van der Waals surface area contributed by atoms with Gasteiger partial charge in [-0.1, -0.05) is 13.0 Å². The van der Waals surface area contributed by atoms with E-state index in [9.17, 15) is 4.79 Å². The lowest BCUT2D eigenvalue weighted by Gasteiger charge is -2.29. The topological polar surface area (TPSA) is 58.1 Å². The highest BCUT2D eigenvalue weighted by Crippen LogP contribution is 2.21. The number of likely N-dealkylation sites (tertiary alicyclic amines) is 1. The number of thiazole rings is 1. The van der Waals surface area contributed by atoms with Crippen LogP contribution in [-0.4, -0.2) is 33.9 Å². The predicted molar refractivity (Wildman–Crippen MR) is 97.0 cm³/mol. The van der Waals surface area contributed by atoms with Gasteiger partial charge in [-0.25, -0.2) is 4.98 Å². The van der Waals surface area contributed by atoms with Gasteiger partial charge in [-0.3, -0.25) is 14.7 Å². The van der Waals surface area contributed by atoms with Crippen LogP contribution in [-0.2, 0) is 17.8 Å². The van der Waals surface area contributed by atoms with E-state index in [0.717, 1.165) is 36.8 Å². The third kappa shape index (κ3) is 5.11. The normalized spacial score (nSPS) is 16.2. The smallest absolute Gasteiger partial charge is 0.226 e. The number of nitrogens with zero attached hydrogens (tertiary/aromatic N) is 3. The third-order valence-corrected chi connectivity index (χ3v) is 5.23. The van der Waals surface area contributed by atoms with Crippen LogP contribution < -0.4 is 5.32 Å². The van der Waals surface area contributed by atoms with Crippen molar-refractivity contribution in [1.82, 2.24) is 14.9 Å². The monoisotopic (exact) mass is 344 g/mol. The van der Waals surface area contributed by atoms with E-state index in [4.69, 9.17) is 0 Å². The van der Waals surface area contributed by atoms with Crippen LogP contribution >= 0.6 is 11.3 Å². The van der Waals surface area contributed by atoms with Gasteiger partial charge in [0.05, 0.1) is 5.69 Å². The number of hydrogen-bond acceptors (Lipinski definition) is 5. The van der Waals surface area contributed by atoms with Gasteiger partial charge in [-0.05, 0) is 49.9 Å². The summed E-state index contributed by atoms with van der Waals surface area (Å²) in [6, 6.07) is 3.88. The molecule has 3 rings (SSSR count). The summed E-state index contributed by atoms with van der Waals surface area (Å²) < 4.78 is 0. The van der Waals surface area contributed by atoms with Crippen molar-refractivity contribution in [2.24, 2.45) is 5.92 Å². The van der Waals surface area contributed by atoms with Crippen molar-refractivity contribution in [3.8, 4) is 0 Å². The lowest BCUT2D eigenvalue weighted by molar-refractivity contribution is -0.116. The summed E-state index contributed by atoms with van der Waals surface area (Å²) >= 11 is 1.51. The Balaban J connectivity index is 1.44. The molecule has 1 aliphatic rings. The summed E-state index contributed by atoms with van der Waals surface area (Å²) in [6.07, 6.45) is 7.22. The Morgan fingerprint density at radius 1 is 1.42 bits per heavy atom. The number of nitrogens with one attached hydrogen (secondary N) is 1. The molecule has 128 valence electrons. The minimum atomic E-state index is 0.00607. The summed E-state index contributed by atoms with van der Waals surface area (Å²) in [6.45, 7) is 5.49. The molecule has 6 heteroatoms. The highest BCUT2D eigenvalue weighted by Gasteiger charge is 2.17. The maximum absolute atomic E-state index is 12.0. The molecule has 0 atom stereocenters. The van der Waals surface area contributed by atoms with Crippen molar-refractivity contribution >= 4 is 22.4 Å². The Morgan fingerprint density at radius 3 is 3.00 bits per heavy atom. The van der Waals surface area contributed by atoms with E-state index in [-0.39, 0.29) is 5.91 Å². The van der Waals surface area contributed by atoms with Crippen molar-refractivity contribution in [1.29, 1.82) is 0 Å². The Hall–Kier alpha value is -1.79. The second kappa shape index (κ2) is 8.35. The fourth-order valence-corrected chi connectivity index (χ4v) is 3.59. The van der Waals surface area contributed by atoms with E-state index in [2.05, 4.69) is 32.5 Å². The fourth-order valence-electron chi connectivity index (χ4n) is 2.87. The van der Waals surface area contributed by atoms with Crippen molar-refractivity contribution in [2.75, 3.05) is 18.4 Å². The molecular formula is C18H24N4OS. The van der Waals surface area contributed by atoms with E-state index in [1.807, 2.05) is 12.1 Å². The van der Waals surface area contributed by atoms with Crippen LogP contribution in [0.15, 0.2) is 29.9 Å². The first-order valence-corrected chi connectivity index (χ1v) is 9.42. The molecule has 0 radical (unpaired) electrons. The van der Waals surface area contributed by atoms with Crippen LogP contribution in [0, 0.1) is 5.92 Å². The summed E-state index contributed by atoms with van der Waals surface area (Å²) in [7, 11) is 0. The predicted octanol–water partition coefficient (Wildman–Crippen LogP) is 3.34. The number of carbonyl (C=O) groups is 1. The van der Waals surface area contributed by atoms with E-state index in [1.165, 1.54) is 24.2 Å². The number of carbonyl (C=O) groups excluding carboxylic acids is 1. The SMILES string of the molecule is CC1CCN(Cc2csc(NC(=O)CCc3cccnc3)n2)CC1. The first-order chi connectivity index (χ1) is 11.7. The Bertz CT molecular complexity index is 650. The molecular weight excluding hydrogens is 320 g/mol. The number of piperidine rings is 1. The zero-order chi connectivity index (χ0) is 16.8. The van der Waals surface area contributed by atoms with Crippen LogP contribution in [0.5, 0.6) is 0 Å². The third-order valence-electron chi connectivity index (χ3n) is 4.42. The summed E-state index contributed by atoms with van der Waals surface area (Å²) in [4.78, 5) is 23.1. The lowest BCUT2D eigenvalue weighted by Crippen LogP contribution is -2.32. The quantitative estimate of drug-likeness (QED) is 0.873. The van der Waals surface area contributed by atoms with E-state index in [1.54, 1.807) is 12.4 Å². The van der Waals surface area contributed by atoms with Gasteiger partial charge in [0.25, 0.3) is 0 Å². The van der Waals surface area contributed by atoms with Gasteiger partial charge in [-0.15, -0.1) is 11.3 Å². The van der Waals surface area contributed by atoms with Crippen LogP contribution in [0.1, 0.15) is 37.4 Å². The molecule has 5 nitrogen and oxygen atoms in total. The van der Waals surface area contributed by atoms with E-state index in [0.29, 0.717) is 18.0 Å². The molecule has 1 amide bonds. The van der Waals surface area contributed by atoms with Crippen molar-refractivity contribution in [3.05, 3.63) is 41.2 Å². The second-order valence-corrected chi connectivity index (χ2v) is 7.37. The van der Waals surface area contributed by atoms with Crippen LogP contribution in [0.4, 0.5) is 5.13 Å². The first kappa shape index (κ1) is 17.0. The average molecular weight is 344 g/mol. The number of anilines is 1. The van der Waals surface area contributed by atoms with Gasteiger partial charge in [0.15, 0.2) is 5.13 Å². The van der Waals surface area contributed by atoms with Crippen LogP contribution in [0.3, 0.4) is 0 Å². The van der Waals surface area contributed by atoms with Gasteiger partial charge in [-0.2, -0.15) is 0 Å². The Kier molecular flexibility index (Phi) is 5.93. The molecule has 0 aromatic carbocycles. The zero-order valence-corrected chi connectivity index (χ0v) is 14.9. The standard InChI is InChI=1S/C18H24N4OS/c1-14-6-9-22(10-7-14)12-16-13-24-18(20-16)21-17(23)5-4-15-3-2-8-19-11-15/h2-3,8,11,13-14H,4-7,9-10,12H2,1H3,(H,20,21,23). The highest BCUT2D eigenvalue weighted by molar-refractivity contribution is 7.13. The number of aromatic nitrogens is 2. The fraction of sp³-hybridized carbons (Fsp3) is 0.500. The molecule has 1 N–H and O–H groups in total. The van der Waals surface area contributed by atoms with E-state index >= 15 is 0 Å². The number of aryl methyl sites for hydroxylation is 1. The average Bonchev–Trinajstić information content (AvgIpc) is 3.03. The molecule has 2 aromatic heterocycles. The molecule has 0 saturated carbocycles.